The standard InChI is InChI=1S/C21H22N4O4S/c1-29-19-9-7-18(8-10-19)23-21(26)17(15-22)16-24-11-13-25(14-12-24)30(27,28)20-5-3-2-4-6-20/h2-10,16H,11-14H2,1H3,(H,23,26)/b17-16-. The molecular weight excluding hydrogens is 404 g/mol. The molecule has 0 spiro atoms. The van der Waals surface area contributed by atoms with E-state index in [1.807, 2.05) is 6.07 Å². The number of nitriles is 1. The number of amides is 1. The molecule has 8 nitrogen and oxygen atoms in total. The minimum atomic E-state index is -3.55. The zero-order valence-corrected chi connectivity index (χ0v) is 17.3. The van der Waals surface area contributed by atoms with Crippen LogP contribution in [0.2, 0.25) is 0 Å². The molecular formula is C21H22N4O4S. The summed E-state index contributed by atoms with van der Waals surface area (Å²) >= 11 is 0. The van der Waals surface area contributed by atoms with Crippen LogP contribution in [0.4, 0.5) is 5.69 Å². The van der Waals surface area contributed by atoms with E-state index in [4.69, 9.17) is 4.74 Å². The van der Waals surface area contributed by atoms with Crippen molar-refractivity contribution in [3.63, 3.8) is 0 Å². The molecule has 0 radical (unpaired) electrons. The summed E-state index contributed by atoms with van der Waals surface area (Å²) < 4.78 is 31.9. The monoisotopic (exact) mass is 426 g/mol. The molecule has 3 rings (SSSR count). The van der Waals surface area contributed by atoms with E-state index in [-0.39, 0.29) is 23.6 Å². The molecule has 1 heterocycles. The van der Waals surface area contributed by atoms with Crippen LogP contribution in [0.5, 0.6) is 5.75 Å². The fourth-order valence-corrected chi connectivity index (χ4v) is 4.45. The van der Waals surface area contributed by atoms with Gasteiger partial charge in [-0.3, -0.25) is 4.79 Å². The number of hydrogen-bond acceptors (Lipinski definition) is 6. The van der Waals surface area contributed by atoms with Gasteiger partial charge in [0.1, 0.15) is 17.4 Å². The average molecular weight is 426 g/mol. The first-order chi connectivity index (χ1) is 14.4. The second-order valence-electron chi connectivity index (χ2n) is 6.59. The summed E-state index contributed by atoms with van der Waals surface area (Å²) in [5, 5.41) is 12.1. The second-order valence-corrected chi connectivity index (χ2v) is 8.53. The number of carbonyl (C=O) groups excluding carboxylic acids is 1. The summed E-state index contributed by atoms with van der Waals surface area (Å²) in [5.41, 5.74) is 0.492. The Balaban J connectivity index is 1.62. The molecule has 1 fully saturated rings. The number of hydrogen-bond donors (Lipinski definition) is 1. The minimum Gasteiger partial charge on any atom is -0.497 e. The predicted octanol–water partition coefficient (Wildman–Crippen LogP) is 2.05. The van der Waals surface area contributed by atoms with Crippen LogP contribution in [0.25, 0.3) is 0 Å². The van der Waals surface area contributed by atoms with Crippen LogP contribution in [-0.2, 0) is 14.8 Å². The number of anilines is 1. The molecule has 0 aliphatic carbocycles. The van der Waals surface area contributed by atoms with Crippen molar-refractivity contribution in [3.05, 3.63) is 66.4 Å². The molecule has 30 heavy (non-hydrogen) atoms. The highest BCUT2D eigenvalue weighted by Crippen LogP contribution is 2.18. The third kappa shape index (κ3) is 4.97. The number of nitrogens with one attached hydrogen (secondary N) is 1. The Morgan fingerprint density at radius 2 is 1.70 bits per heavy atom. The van der Waals surface area contributed by atoms with Crippen molar-refractivity contribution in [3.8, 4) is 11.8 Å². The van der Waals surface area contributed by atoms with E-state index in [1.165, 1.54) is 10.5 Å². The Labute approximate surface area is 176 Å². The number of piperazine rings is 1. The summed E-state index contributed by atoms with van der Waals surface area (Å²) in [6.45, 7) is 1.30. The highest BCUT2D eigenvalue weighted by atomic mass is 32.2. The van der Waals surface area contributed by atoms with E-state index in [0.29, 0.717) is 24.5 Å². The molecule has 156 valence electrons. The van der Waals surface area contributed by atoms with Crippen LogP contribution in [0, 0.1) is 11.3 Å². The summed E-state index contributed by atoms with van der Waals surface area (Å²) in [6, 6.07) is 17.0. The van der Waals surface area contributed by atoms with Crippen molar-refractivity contribution in [1.82, 2.24) is 9.21 Å². The number of nitrogens with zero attached hydrogens (tertiary/aromatic N) is 3. The van der Waals surface area contributed by atoms with E-state index in [0.717, 1.165) is 0 Å². The van der Waals surface area contributed by atoms with Gasteiger partial charge in [-0.2, -0.15) is 9.57 Å². The molecule has 0 saturated carbocycles. The van der Waals surface area contributed by atoms with Crippen LogP contribution in [0.3, 0.4) is 0 Å². The molecule has 2 aromatic carbocycles. The van der Waals surface area contributed by atoms with Crippen LogP contribution >= 0.6 is 0 Å². The molecule has 1 N–H and O–H groups in total. The lowest BCUT2D eigenvalue weighted by atomic mass is 10.2. The zero-order chi connectivity index (χ0) is 21.6. The van der Waals surface area contributed by atoms with Crippen LogP contribution in [-0.4, -0.2) is 56.8 Å². The van der Waals surface area contributed by atoms with Crippen molar-refractivity contribution in [2.75, 3.05) is 38.6 Å². The Morgan fingerprint density at radius 3 is 2.27 bits per heavy atom. The number of methoxy groups -OCH3 is 1. The lowest BCUT2D eigenvalue weighted by molar-refractivity contribution is -0.112. The lowest BCUT2D eigenvalue weighted by Gasteiger charge is -2.33. The Morgan fingerprint density at radius 1 is 1.07 bits per heavy atom. The van der Waals surface area contributed by atoms with Gasteiger partial charge in [-0.15, -0.1) is 0 Å². The molecule has 0 aromatic heterocycles. The van der Waals surface area contributed by atoms with Gasteiger partial charge in [-0.05, 0) is 36.4 Å². The van der Waals surface area contributed by atoms with Crippen molar-refractivity contribution >= 4 is 21.6 Å². The van der Waals surface area contributed by atoms with Gasteiger partial charge >= 0.3 is 0 Å². The largest absolute Gasteiger partial charge is 0.497 e. The quantitative estimate of drug-likeness (QED) is 0.560. The smallest absolute Gasteiger partial charge is 0.267 e. The van der Waals surface area contributed by atoms with Gasteiger partial charge in [-0.1, -0.05) is 18.2 Å². The maximum atomic E-state index is 12.7. The average Bonchev–Trinajstić information content (AvgIpc) is 2.78. The molecule has 9 heteroatoms. The molecule has 0 bridgehead atoms. The number of sulfonamides is 1. The molecule has 0 unspecified atom stereocenters. The van der Waals surface area contributed by atoms with Crippen LogP contribution in [0.15, 0.2) is 71.3 Å². The van der Waals surface area contributed by atoms with E-state index < -0.39 is 15.9 Å². The molecule has 1 aliphatic heterocycles. The van der Waals surface area contributed by atoms with E-state index in [2.05, 4.69) is 5.32 Å². The van der Waals surface area contributed by atoms with Gasteiger partial charge < -0.3 is 15.0 Å². The first kappa shape index (κ1) is 21.4. The Kier molecular flexibility index (Phi) is 6.72. The van der Waals surface area contributed by atoms with Gasteiger partial charge in [0, 0.05) is 38.1 Å². The third-order valence-electron chi connectivity index (χ3n) is 4.68. The molecule has 1 saturated heterocycles. The zero-order valence-electron chi connectivity index (χ0n) is 16.5. The fourth-order valence-electron chi connectivity index (χ4n) is 3.01. The molecule has 1 amide bonds. The van der Waals surface area contributed by atoms with Gasteiger partial charge in [-0.25, -0.2) is 8.42 Å². The normalized spacial score (nSPS) is 15.3. The fraction of sp³-hybridized carbons (Fsp3) is 0.238. The molecule has 2 aromatic rings. The van der Waals surface area contributed by atoms with Crippen molar-refractivity contribution in [2.24, 2.45) is 0 Å². The number of rotatable bonds is 6. The number of benzene rings is 2. The van der Waals surface area contributed by atoms with Gasteiger partial charge in [0.15, 0.2) is 0 Å². The summed E-state index contributed by atoms with van der Waals surface area (Å²) in [7, 11) is -2.00. The van der Waals surface area contributed by atoms with E-state index in [9.17, 15) is 18.5 Å². The van der Waals surface area contributed by atoms with Gasteiger partial charge in [0.05, 0.1) is 12.0 Å². The SMILES string of the molecule is COc1ccc(NC(=O)/C(C#N)=C\N2CCN(S(=O)(=O)c3ccccc3)CC2)cc1. The Hall–Kier alpha value is -3.35. The predicted molar refractivity (Wildman–Crippen MR) is 112 cm³/mol. The minimum absolute atomic E-state index is 0.0508. The molecule has 0 atom stereocenters. The first-order valence-electron chi connectivity index (χ1n) is 9.30. The maximum Gasteiger partial charge on any atom is 0.267 e. The van der Waals surface area contributed by atoms with Crippen molar-refractivity contribution < 1.29 is 17.9 Å². The number of carbonyl (C=O) groups is 1. The second kappa shape index (κ2) is 9.43. The summed E-state index contributed by atoms with van der Waals surface area (Å²) in [4.78, 5) is 14.5. The third-order valence-corrected chi connectivity index (χ3v) is 6.59. The lowest BCUT2D eigenvalue weighted by Crippen LogP contribution is -2.46. The number of ether oxygens (including phenoxy) is 1. The Bertz CT molecular complexity index is 1050. The highest BCUT2D eigenvalue weighted by Gasteiger charge is 2.28. The van der Waals surface area contributed by atoms with E-state index in [1.54, 1.807) is 66.6 Å². The van der Waals surface area contributed by atoms with Crippen LogP contribution < -0.4 is 10.1 Å². The summed E-state index contributed by atoms with van der Waals surface area (Å²) in [6.07, 6.45) is 1.48. The van der Waals surface area contributed by atoms with Gasteiger partial charge in [0.25, 0.3) is 5.91 Å². The summed E-state index contributed by atoms with van der Waals surface area (Å²) in [5.74, 6) is 0.134. The first-order valence-corrected chi connectivity index (χ1v) is 10.7. The van der Waals surface area contributed by atoms with Crippen LogP contribution in [0.1, 0.15) is 0 Å². The van der Waals surface area contributed by atoms with Crippen molar-refractivity contribution in [1.29, 1.82) is 5.26 Å². The van der Waals surface area contributed by atoms with Crippen molar-refractivity contribution in [2.45, 2.75) is 4.90 Å². The maximum absolute atomic E-state index is 12.7. The van der Waals surface area contributed by atoms with E-state index >= 15 is 0 Å². The molecule has 1 aliphatic rings. The topological polar surface area (TPSA) is 103 Å². The highest BCUT2D eigenvalue weighted by molar-refractivity contribution is 7.89. The van der Waals surface area contributed by atoms with Gasteiger partial charge in [0.2, 0.25) is 10.0 Å².